The van der Waals surface area contributed by atoms with E-state index in [2.05, 4.69) is 11.8 Å². The first kappa shape index (κ1) is 15.0. The highest BCUT2D eigenvalue weighted by atomic mass is 16.2. The second-order valence-electron chi connectivity index (χ2n) is 5.65. The molecule has 1 unspecified atom stereocenters. The Morgan fingerprint density at radius 3 is 2.95 bits per heavy atom. The van der Waals surface area contributed by atoms with E-state index in [1.165, 1.54) is 12.8 Å². The summed E-state index contributed by atoms with van der Waals surface area (Å²) in [6, 6.07) is 8.36. The largest absolute Gasteiger partial charge is 0.336 e. The highest BCUT2D eigenvalue weighted by Gasteiger charge is 2.24. The molecule has 0 aliphatic carbocycles. The van der Waals surface area contributed by atoms with Crippen molar-refractivity contribution in [2.24, 2.45) is 5.73 Å². The maximum Gasteiger partial charge on any atom is 0.254 e. The number of hydrogen-bond donors (Lipinski definition) is 1. The van der Waals surface area contributed by atoms with Crippen LogP contribution in [0, 0.1) is 0 Å². The van der Waals surface area contributed by atoms with Gasteiger partial charge in [0.15, 0.2) is 0 Å². The molecule has 2 N–H and O–H groups in total. The predicted molar refractivity (Wildman–Crippen MR) is 82.8 cm³/mol. The second-order valence-corrected chi connectivity index (χ2v) is 5.65. The third-order valence-corrected chi connectivity index (χ3v) is 4.22. The molecule has 3 heteroatoms. The molecule has 0 spiro atoms. The topological polar surface area (TPSA) is 46.3 Å². The van der Waals surface area contributed by atoms with E-state index in [0.717, 1.165) is 43.4 Å². The average Bonchev–Trinajstić information content (AvgIpc) is 2.72. The monoisotopic (exact) mass is 274 g/mol. The van der Waals surface area contributed by atoms with Gasteiger partial charge in [-0.15, -0.1) is 0 Å². The van der Waals surface area contributed by atoms with Gasteiger partial charge in [0.25, 0.3) is 5.91 Å². The van der Waals surface area contributed by atoms with E-state index >= 15 is 0 Å². The minimum atomic E-state index is 0.192. The first-order valence-corrected chi connectivity index (χ1v) is 7.86. The van der Waals surface area contributed by atoms with E-state index < -0.39 is 0 Å². The molecule has 1 amide bonds. The number of nitrogens with two attached hydrogens (primary N) is 1. The Bertz CT molecular complexity index is 444. The Kier molecular flexibility index (Phi) is 5.60. The van der Waals surface area contributed by atoms with Crippen LogP contribution in [0.2, 0.25) is 0 Å². The zero-order chi connectivity index (χ0) is 14.4. The molecule has 0 radical (unpaired) electrons. The minimum Gasteiger partial charge on any atom is -0.336 e. The normalized spacial score (nSPS) is 19.7. The molecule has 20 heavy (non-hydrogen) atoms. The SMILES string of the molecule is CCC1CCCCCN1C(=O)c1cccc(CCN)c1. The number of carbonyl (C=O) groups is 1. The number of nitrogens with zero attached hydrogens (tertiary/aromatic N) is 1. The molecule has 1 saturated heterocycles. The summed E-state index contributed by atoms with van der Waals surface area (Å²) in [5.74, 6) is 0.192. The van der Waals surface area contributed by atoms with Crippen LogP contribution in [0.15, 0.2) is 24.3 Å². The number of rotatable bonds is 4. The van der Waals surface area contributed by atoms with Crippen LogP contribution in [-0.2, 0) is 6.42 Å². The fourth-order valence-electron chi connectivity index (χ4n) is 3.06. The lowest BCUT2D eigenvalue weighted by molar-refractivity contribution is 0.0678. The van der Waals surface area contributed by atoms with Crippen molar-refractivity contribution in [3.05, 3.63) is 35.4 Å². The van der Waals surface area contributed by atoms with Crippen LogP contribution >= 0.6 is 0 Å². The molecule has 1 fully saturated rings. The summed E-state index contributed by atoms with van der Waals surface area (Å²) in [7, 11) is 0. The van der Waals surface area contributed by atoms with E-state index in [0.29, 0.717) is 12.6 Å². The lowest BCUT2D eigenvalue weighted by atomic mass is 10.0. The van der Waals surface area contributed by atoms with Crippen molar-refractivity contribution in [1.29, 1.82) is 0 Å². The van der Waals surface area contributed by atoms with E-state index in [1.807, 2.05) is 24.3 Å². The summed E-state index contributed by atoms with van der Waals surface area (Å²) < 4.78 is 0. The van der Waals surface area contributed by atoms with Crippen LogP contribution in [0.5, 0.6) is 0 Å². The number of amides is 1. The second kappa shape index (κ2) is 7.44. The Hall–Kier alpha value is -1.35. The van der Waals surface area contributed by atoms with Gasteiger partial charge in [-0.2, -0.15) is 0 Å². The predicted octanol–water partition coefficient (Wildman–Crippen LogP) is 2.98. The summed E-state index contributed by atoms with van der Waals surface area (Å²) in [6.45, 7) is 3.71. The maximum atomic E-state index is 12.8. The number of carbonyl (C=O) groups excluding carboxylic acids is 1. The summed E-state index contributed by atoms with van der Waals surface area (Å²) in [4.78, 5) is 14.9. The highest BCUT2D eigenvalue weighted by Crippen LogP contribution is 2.21. The Labute approximate surface area is 122 Å². The molecule has 0 bridgehead atoms. The lowest BCUT2D eigenvalue weighted by Crippen LogP contribution is -2.39. The van der Waals surface area contributed by atoms with Gasteiger partial charge in [0.2, 0.25) is 0 Å². The number of benzene rings is 1. The maximum absolute atomic E-state index is 12.8. The molecule has 1 aliphatic heterocycles. The van der Waals surface area contributed by atoms with Gasteiger partial charge in [0.05, 0.1) is 0 Å². The van der Waals surface area contributed by atoms with E-state index in [-0.39, 0.29) is 5.91 Å². The smallest absolute Gasteiger partial charge is 0.254 e. The molecule has 1 aromatic carbocycles. The highest BCUT2D eigenvalue weighted by molar-refractivity contribution is 5.94. The molecule has 0 saturated carbocycles. The minimum absolute atomic E-state index is 0.192. The quantitative estimate of drug-likeness (QED) is 0.917. The van der Waals surface area contributed by atoms with Gasteiger partial charge >= 0.3 is 0 Å². The van der Waals surface area contributed by atoms with Crippen molar-refractivity contribution in [2.45, 2.75) is 51.5 Å². The summed E-state index contributed by atoms with van der Waals surface area (Å²) >= 11 is 0. The molecule has 110 valence electrons. The first-order chi connectivity index (χ1) is 9.76. The van der Waals surface area contributed by atoms with E-state index in [9.17, 15) is 4.79 Å². The third-order valence-electron chi connectivity index (χ3n) is 4.22. The average molecular weight is 274 g/mol. The first-order valence-electron chi connectivity index (χ1n) is 7.86. The van der Waals surface area contributed by atoms with Gasteiger partial charge < -0.3 is 10.6 Å². The van der Waals surface area contributed by atoms with Gasteiger partial charge in [-0.3, -0.25) is 4.79 Å². The van der Waals surface area contributed by atoms with Crippen LogP contribution in [-0.4, -0.2) is 29.9 Å². The molecular formula is C17H26N2O. The van der Waals surface area contributed by atoms with Crippen molar-refractivity contribution in [2.75, 3.05) is 13.1 Å². The zero-order valence-electron chi connectivity index (χ0n) is 12.5. The zero-order valence-corrected chi connectivity index (χ0v) is 12.5. The van der Waals surface area contributed by atoms with Crippen LogP contribution in [0.1, 0.15) is 54.9 Å². The van der Waals surface area contributed by atoms with Crippen molar-refractivity contribution in [3.8, 4) is 0 Å². The van der Waals surface area contributed by atoms with Crippen LogP contribution in [0.3, 0.4) is 0 Å². The fraction of sp³-hybridized carbons (Fsp3) is 0.588. The molecule has 3 nitrogen and oxygen atoms in total. The number of likely N-dealkylation sites (tertiary alicyclic amines) is 1. The van der Waals surface area contributed by atoms with Crippen LogP contribution < -0.4 is 5.73 Å². The molecule has 1 atom stereocenters. The Balaban J connectivity index is 2.17. The summed E-state index contributed by atoms with van der Waals surface area (Å²) in [5, 5.41) is 0. The van der Waals surface area contributed by atoms with Gasteiger partial charge in [-0.25, -0.2) is 0 Å². The lowest BCUT2D eigenvalue weighted by Gasteiger charge is -2.29. The summed E-state index contributed by atoms with van der Waals surface area (Å²) in [5.41, 5.74) is 7.57. The number of hydrogen-bond acceptors (Lipinski definition) is 2. The van der Waals surface area contributed by atoms with Gasteiger partial charge in [0.1, 0.15) is 0 Å². The van der Waals surface area contributed by atoms with E-state index in [4.69, 9.17) is 5.73 Å². The molecule has 1 aliphatic rings. The van der Waals surface area contributed by atoms with Crippen molar-refractivity contribution >= 4 is 5.91 Å². The van der Waals surface area contributed by atoms with Crippen LogP contribution in [0.25, 0.3) is 0 Å². The molecular weight excluding hydrogens is 248 g/mol. The van der Waals surface area contributed by atoms with Crippen molar-refractivity contribution < 1.29 is 4.79 Å². The van der Waals surface area contributed by atoms with Gasteiger partial charge in [-0.05, 0) is 49.9 Å². The van der Waals surface area contributed by atoms with Crippen LogP contribution in [0.4, 0.5) is 0 Å². The molecule has 2 rings (SSSR count). The Morgan fingerprint density at radius 2 is 2.20 bits per heavy atom. The van der Waals surface area contributed by atoms with Gasteiger partial charge in [-0.1, -0.05) is 31.9 Å². The standard InChI is InChI=1S/C17H26N2O/c1-2-16-9-4-3-5-12-19(16)17(20)15-8-6-7-14(13-15)10-11-18/h6-8,13,16H,2-5,9-12,18H2,1H3. The Morgan fingerprint density at radius 1 is 1.35 bits per heavy atom. The van der Waals surface area contributed by atoms with Crippen molar-refractivity contribution in [1.82, 2.24) is 4.90 Å². The van der Waals surface area contributed by atoms with E-state index in [1.54, 1.807) is 0 Å². The third kappa shape index (κ3) is 3.60. The summed E-state index contributed by atoms with van der Waals surface area (Å²) in [6.07, 6.45) is 6.64. The van der Waals surface area contributed by atoms with Crippen molar-refractivity contribution in [3.63, 3.8) is 0 Å². The molecule has 1 heterocycles. The fourth-order valence-corrected chi connectivity index (χ4v) is 3.06. The molecule has 0 aromatic heterocycles. The molecule has 1 aromatic rings. The van der Waals surface area contributed by atoms with Gasteiger partial charge in [0, 0.05) is 18.2 Å².